The lowest BCUT2D eigenvalue weighted by Crippen LogP contribution is -2.36. The van der Waals surface area contributed by atoms with E-state index in [1.807, 2.05) is 0 Å². The maximum atomic E-state index is 14.5. The molecule has 1 aliphatic heterocycles. The highest BCUT2D eigenvalue weighted by Gasteiger charge is 2.29. The summed E-state index contributed by atoms with van der Waals surface area (Å²) in [5.41, 5.74) is 0.268. The smallest absolute Gasteiger partial charge is 0.255 e. The minimum atomic E-state index is -4.05. The molecule has 0 aliphatic carbocycles. The van der Waals surface area contributed by atoms with E-state index in [0.717, 1.165) is 31.4 Å². The van der Waals surface area contributed by atoms with E-state index in [1.54, 1.807) is 43.5 Å². The van der Waals surface area contributed by atoms with Crippen LogP contribution in [0.3, 0.4) is 0 Å². The normalized spacial score (nSPS) is 14.4. The average molecular weight is 486 g/mol. The molecule has 1 aromatic heterocycles. The van der Waals surface area contributed by atoms with Crippen LogP contribution < -0.4 is 14.8 Å². The molecule has 1 saturated heterocycles. The minimum Gasteiger partial charge on any atom is -0.497 e. The molecule has 0 spiro atoms. The number of pyridine rings is 1. The first-order chi connectivity index (χ1) is 16.4. The Labute approximate surface area is 197 Å². The maximum absolute atomic E-state index is 14.5. The third-order valence-electron chi connectivity index (χ3n) is 5.42. The van der Waals surface area contributed by atoms with E-state index in [9.17, 15) is 17.6 Å². The van der Waals surface area contributed by atoms with Crippen molar-refractivity contribution >= 4 is 21.6 Å². The first kappa shape index (κ1) is 23.7. The minimum absolute atomic E-state index is 0.00349. The second-order valence-corrected chi connectivity index (χ2v) is 9.60. The summed E-state index contributed by atoms with van der Waals surface area (Å²) >= 11 is 0. The molecule has 1 aliphatic rings. The average Bonchev–Trinajstić information content (AvgIpc) is 2.86. The predicted octanol–water partition coefficient (Wildman–Crippen LogP) is 4.45. The molecule has 2 aromatic carbocycles. The summed E-state index contributed by atoms with van der Waals surface area (Å²) in [5, 5.41) is 2.67. The molecule has 4 rings (SSSR count). The quantitative estimate of drug-likeness (QED) is 0.531. The molecule has 0 bridgehead atoms. The van der Waals surface area contributed by atoms with Gasteiger partial charge in [0, 0.05) is 24.8 Å². The Kier molecular flexibility index (Phi) is 7.09. The zero-order valence-electron chi connectivity index (χ0n) is 18.5. The van der Waals surface area contributed by atoms with Crippen molar-refractivity contribution in [3.8, 4) is 17.4 Å². The van der Waals surface area contributed by atoms with Crippen LogP contribution in [-0.4, -0.2) is 43.8 Å². The van der Waals surface area contributed by atoms with Crippen LogP contribution in [0.4, 0.5) is 10.1 Å². The Morgan fingerprint density at radius 3 is 2.44 bits per heavy atom. The van der Waals surface area contributed by atoms with E-state index < -0.39 is 26.6 Å². The standard InChI is InChI=1S/C24H24FN3O5S/c1-32-18-8-10-19(11-9-18)33-24-21(6-5-13-26-24)27-23(29)17-7-12-20(25)22(16-17)34(30,31)28-14-3-2-4-15-28/h5-13,16H,2-4,14-15H2,1H3,(H,27,29). The van der Waals surface area contributed by atoms with E-state index in [0.29, 0.717) is 24.6 Å². The van der Waals surface area contributed by atoms with Gasteiger partial charge in [-0.25, -0.2) is 17.8 Å². The van der Waals surface area contributed by atoms with Gasteiger partial charge in [0.15, 0.2) is 0 Å². The van der Waals surface area contributed by atoms with Gasteiger partial charge in [-0.2, -0.15) is 4.31 Å². The number of hydrogen-bond donors (Lipinski definition) is 1. The molecule has 0 saturated carbocycles. The molecule has 178 valence electrons. The van der Waals surface area contributed by atoms with Crippen molar-refractivity contribution in [1.29, 1.82) is 0 Å². The summed E-state index contributed by atoms with van der Waals surface area (Å²) in [6.07, 6.45) is 3.89. The van der Waals surface area contributed by atoms with Crippen molar-refractivity contribution < 1.29 is 27.1 Å². The molecule has 0 radical (unpaired) electrons. The number of anilines is 1. The fraction of sp³-hybridized carbons (Fsp3) is 0.250. The van der Waals surface area contributed by atoms with E-state index in [-0.39, 0.29) is 17.1 Å². The van der Waals surface area contributed by atoms with Gasteiger partial charge in [0.1, 0.15) is 27.9 Å². The number of piperidine rings is 1. The molecule has 34 heavy (non-hydrogen) atoms. The third-order valence-corrected chi connectivity index (χ3v) is 7.33. The fourth-order valence-electron chi connectivity index (χ4n) is 3.60. The highest BCUT2D eigenvalue weighted by Crippen LogP contribution is 2.29. The fourth-order valence-corrected chi connectivity index (χ4v) is 5.21. The molecular formula is C24H24FN3O5S. The summed E-state index contributed by atoms with van der Waals surface area (Å²) in [6.45, 7) is 0.667. The van der Waals surface area contributed by atoms with Crippen molar-refractivity contribution in [2.75, 3.05) is 25.5 Å². The number of hydrogen-bond acceptors (Lipinski definition) is 6. The first-order valence-corrected chi connectivity index (χ1v) is 12.2. The lowest BCUT2D eigenvalue weighted by Gasteiger charge is -2.26. The second kappa shape index (κ2) is 10.2. The number of carbonyl (C=O) groups is 1. The zero-order valence-corrected chi connectivity index (χ0v) is 19.3. The number of ether oxygens (including phenoxy) is 2. The van der Waals surface area contributed by atoms with Gasteiger partial charge in [-0.05, 0) is 67.4 Å². The first-order valence-electron chi connectivity index (χ1n) is 10.8. The Bertz CT molecular complexity index is 1280. The van der Waals surface area contributed by atoms with E-state index >= 15 is 0 Å². The van der Waals surface area contributed by atoms with Crippen molar-refractivity contribution in [3.63, 3.8) is 0 Å². The molecule has 1 amide bonds. The van der Waals surface area contributed by atoms with Crippen molar-refractivity contribution in [2.24, 2.45) is 0 Å². The van der Waals surface area contributed by atoms with Gasteiger partial charge in [0.2, 0.25) is 15.9 Å². The number of methoxy groups -OCH3 is 1. The molecule has 2 heterocycles. The van der Waals surface area contributed by atoms with Crippen LogP contribution in [0.25, 0.3) is 0 Å². The van der Waals surface area contributed by atoms with Gasteiger partial charge in [-0.1, -0.05) is 6.42 Å². The topological polar surface area (TPSA) is 97.8 Å². The van der Waals surface area contributed by atoms with Crippen LogP contribution in [0.2, 0.25) is 0 Å². The Balaban J connectivity index is 1.56. The predicted molar refractivity (Wildman–Crippen MR) is 124 cm³/mol. The molecule has 3 aromatic rings. The lowest BCUT2D eigenvalue weighted by molar-refractivity contribution is 0.102. The van der Waals surface area contributed by atoms with Gasteiger partial charge in [-0.3, -0.25) is 4.79 Å². The molecule has 10 heteroatoms. The largest absolute Gasteiger partial charge is 0.497 e. The van der Waals surface area contributed by atoms with Gasteiger partial charge in [0.25, 0.3) is 5.91 Å². The molecule has 8 nitrogen and oxygen atoms in total. The second-order valence-electron chi connectivity index (χ2n) is 7.70. The summed E-state index contributed by atoms with van der Waals surface area (Å²) in [6, 6.07) is 13.3. The number of nitrogens with zero attached hydrogens (tertiary/aromatic N) is 2. The van der Waals surface area contributed by atoms with Gasteiger partial charge in [0.05, 0.1) is 7.11 Å². The van der Waals surface area contributed by atoms with Crippen LogP contribution in [0.1, 0.15) is 29.6 Å². The Morgan fingerprint density at radius 1 is 1.03 bits per heavy atom. The van der Waals surface area contributed by atoms with Gasteiger partial charge in [-0.15, -0.1) is 0 Å². The number of rotatable bonds is 7. The Hall–Kier alpha value is -3.50. The van der Waals surface area contributed by atoms with Crippen LogP contribution in [0.15, 0.2) is 65.7 Å². The number of halogens is 1. The van der Waals surface area contributed by atoms with Gasteiger partial charge < -0.3 is 14.8 Å². The highest BCUT2D eigenvalue weighted by atomic mass is 32.2. The van der Waals surface area contributed by atoms with Crippen LogP contribution >= 0.6 is 0 Å². The monoisotopic (exact) mass is 485 g/mol. The molecule has 1 N–H and O–H groups in total. The molecule has 1 fully saturated rings. The lowest BCUT2D eigenvalue weighted by atomic mass is 10.2. The molecular weight excluding hydrogens is 461 g/mol. The summed E-state index contributed by atoms with van der Waals surface area (Å²) < 4.78 is 52.6. The maximum Gasteiger partial charge on any atom is 0.255 e. The van der Waals surface area contributed by atoms with E-state index in [4.69, 9.17) is 9.47 Å². The number of amides is 1. The van der Waals surface area contributed by atoms with Crippen LogP contribution in [0.5, 0.6) is 17.4 Å². The summed E-state index contributed by atoms with van der Waals surface area (Å²) in [4.78, 5) is 16.6. The molecule has 0 unspecified atom stereocenters. The summed E-state index contributed by atoms with van der Waals surface area (Å²) in [5.74, 6) is -0.237. The van der Waals surface area contributed by atoms with Crippen LogP contribution in [0, 0.1) is 5.82 Å². The SMILES string of the molecule is COc1ccc(Oc2ncccc2NC(=O)c2ccc(F)c(S(=O)(=O)N3CCCCC3)c2)cc1. The van der Waals surface area contributed by atoms with Crippen molar-refractivity contribution in [1.82, 2.24) is 9.29 Å². The number of carbonyl (C=O) groups excluding carboxylic acids is 1. The van der Waals surface area contributed by atoms with E-state index in [1.165, 1.54) is 16.6 Å². The Morgan fingerprint density at radius 2 is 1.74 bits per heavy atom. The zero-order chi connectivity index (χ0) is 24.1. The van der Waals surface area contributed by atoms with Crippen LogP contribution in [-0.2, 0) is 10.0 Å². The molecule has 0 atom stereocenters. The summed E-state index contributed by atoms with van der Waals surface area (Å²) in [7, 11) is -2.49. The number of sulfonamides is 1. The highest BCUT2D eigenvalue weighted by molar-refractivity contribution is 7.89. The number of aromatic nitrogens is 1. The third kappa shape index (κ3) is 5.18. The van der Waals surface area contributed by atoms with Crippen molar-refractivity contribution in [2.45, 2.75) is 24.2 Å². The number of benzene rings is 2. The number of nitrogens with one attached hydrogen (secondary N) is 1. The van der Waals surface area contributed by atoms with Gasteiger partial charge >= 0.3 is 0 Å². The van der Waals surface area contributed by atoms with Crippen molar-refractivity contribution in [3.05, 3.63) is 72.2 Å². The van der Waals surface area contributed by atoms with E-state index in [2.05, 4.69) is 10.3 Å².